The van der Waals surface area contributed by atoms with Gasteiger partial charge in [0.05, 0.1) is 42.7 Å². The second kappa shape index (κ2) is 15.8. The lowest BCUT2D eigenvalue weighted by molar-refractivity contribution is -0.137. The first-order valence-electron chi connectivity index (χ1n) is 18.1. The summed E-state index contributed by atoms with van der Waals surface area (Å²) in [7, 11) is 0. The lowest BCUT2D eigenvalue weighted by atomic mass is 9.80. The molecule has 0 radical (unpaired) electrons. The molecule has 0 unspecified atom stereocenters. The van der Waals surface area contributed by atoms with Crippen molar-refractivity contribution in [2.45, 2.75) is 37.6 Å². The van der Waals surface area contributed by atoms with E-state index in [0.717, 1.165) is 57.6 Å². The van der Waals surface area contributed by atoms with Crippen LogP contribution in [0, 0.1) is 5.82 Å². The summed E-state index contributed by atoms with van der Waals surface area (Å²) in [6, 6.07) is 17.5. The van der Waals surface area contributed by atoms with Crippen molar-refractivity contribution in [3.8, 4) is 5.69 Å². The fraction of sp³-hybridized carbons (Fsp3) is 0.350. The molecule has 2 fully saturated rings. The fourth-order valence-corrected chi connectivity index (χ4v) is 7.40. The highest BCUT2D eigenvalue weighted by Crippen LogP contribution is 2.44. The lowest BCUT2D eigenvalue weighted by Crippen LogP contribution is -2.56. The van der Waals surface area contributed by atoms with Gasteiger partial charge in [-0.1, -0.05) is 43.0 Å². The number of piperazine rings is 1. The maximum atomic E-state index is 14.5. The zero-order valence-corrected chi connectivity index (χ0v) is 30.2. The molecular formula is C40H41F4N7O4. The van der Waals surface area contributed by atoms with Gasteiger partial charge in [-0.2, -0.15) is 18.3 Å². The van der Waals surface area contributed by atoms with E-state index in [4.69, 9.17) is 9.84 Å². The van der Waals surface area contributed by atoms with E-state index in [1.807, 2.05) is 30.3 Å². The predicted octanol–water partition coefficient (Wildman–Crippen LogP) is 4.52. The Labute approximate surface area is 315 Å². The highest BCUT2D eigenvalue weighted by Gasteiger charge is 2.46. The Hall–Kier alpha value is -5.38. The van der Waals surface area contributed by atoms with Crippen LogP contribution in [0.1, 0.15) is 45.6 Å². The predicted molar refractivity (Wildman–Crippen MR) is 196 cm³/mol. The van der Waals surface area contributed by atoms with E-state index in [1.165, 1.54) is 35.2 Å². The van der Waals surface area contributed by atoms with Gasteiger partial charge in [-0.05, 0) is 55.0 Å². The van der Waals surface area contributed by atoms with Gasteiger partial charge in [-0.3, -0.25) is 29.1 Å². The first kappa shape index (κ1) is 37.9. The molecule has 3 amide bonds. The molecule has 3 aliphatic rings. The van der Waals surface area contributed by atoms with E-state index in [9.17, 15) is 31.9 Å². The van der Waals surface area contributed by atoms with Crippen molar-refractivity contribution in [3.05, 3.63) is 125 Å². The molecule has 2 atom stereocenters. The smallest absolute Gasteiger partial charge is 0.378 e. The Kier molecular flexibility index (Phi) is 10.9. The quantitative estimate of drug-likeness (QED) is 0.171. The standard InChI is InChI=1S/C40H41F4N7O4/c1-3-50-38-34(33(26-12-14-29(41)15-13-26)35(39(50)54)46-37(53)27-8-7-9-28(20-27)40(42,43)44)32(47-51(38)30-10-5-4-6-11-30)21-45-36(52)25(2)22-48-16-18-49(19-17-48)31-23-55-24-31/h4-15,20,31,33,35H,2-3,16-19,21-24H2,1H3,(H,45,52)(H,46,53)/t33-,35-/m0/s1. The monoisotopic (exact) mass is 759 g/mol. The van der Waals surface area contributed by atoms with Gasteiger partial charge in [0.25, 0.3) is 11.8 Å². The molecule has 3 aliphatic heterocycles. The van der Waals surface area contributed by atoms with E-state index in [0.29, 0.717) is 46.5 Å². The number of hydrogen-bond donors (Lipinski definition) is 2. The number of alkyl halides is 3. The average Bonchev–Trinajstić information content (AvgIpc) is 3.53. The third-order valence-corrected chi connectivity index (χ3v) is 10.4. The number of likely N-dealkylation sites (N-methyl/N-ethyl adjacent to an activating group) is 1. The van der Waals surface area contributed by atoms with Gasteiger partial charge in [-0.15, -0.1) is 0 Å². The second-order valence-corrected chi connectivity index (χ2v) is 13.9. The topological polar surface area (TPSA) is 112 Å². The number of aromatic nitrogens is 2. The molecule has 288 valence electrons. The molecule has 55 heavy (non-hydrogen) atoms. The highest BCUT2D eigenvalue weighted by atomic mass is 19.4. The number of para-hydroxylation sites is 1. The number of benzene rings is 3. The van der Waals surface area contributed by atoms with Crippen LogP contribution < -0.4 is 15.5 Å². The van der Waals surface area contributed by atoms with Crippen molar-refractivity contribution in [1.29, 1.82) is 0 Å². The second-order valence-electron chi connectivity index (χ2n) is 13.9. The Morgan fingerprint density at radius 3 is 2.31 bits per heavy atom. The van der Waals surface area contributed by atoms with Crippen molar-refractivity contribution in [1.82, 2.24) is 30.2 Å². The largest absolute Gasteiger partial charge is 0.416 e. The summed E-state index contributed by atoms with van der Waals surface area (Å²) in [5.41, 5.74) is 0.963. The first-order valence-corrected chi connectivity index (χ1v) is 18.1. The van der Waals surface area contributed by atoms with Crippen molar-refractivity contribution in [2.75, 3.05) is 57.4 Å². The van der Waals surface area contributed by atoms with Crippen LogP contribution in [0.25, 0.3) is 5.69 Å². The van der Waals surface area contributed by atoms with E-state index < -0.39 is 41.3 Å². The molecular weight excluding hydrogens is 718 g/mol. The number of carbonyl (C=O) groups is 3. The first-order chi connectivity index (χ1) is 26.4. The number of ether oxygens (including phenoxy) is 1. The number of hydrogen-bond acceptors (Lipinski definition) is 7. The molecule has 0 saturated carbocycles. The molecule has 3 aromatic carbocycles. The Morgan fingerprint density at radius 2 is 1.67 bits per heavy atom. The number of amides is 3. The number of nitrogens with zero attached hydrogens (tertiary/aromatic N) is 5. The summed E-state index contributed by atoms with van der Waals surface area (Å²) in [6.07, 6.45) is -4.70. The molecule has 7 rings (SSSR count). The van der Waals surface area contributed by atoms with Crippen LogP contribution in [0.4, 0.5) is 23.4 Å². The number of fused-ring (bicyclic) bond motifs is 1. The summed E-state index contributed by atoms with van der Waals surface area (Å²) in [5, 5.41) is 10.6. The molecule has 11 nitrogen and oxygen atoms in total. The summed E-state index contributed by atoms with van der Waals surface area (Å²) in [6.45, 7) is 11.0. The minimum absolute atomic E-state index is 0.0901. The maximum absolute atomic E-state index is 14.5. The SMILES string of the molecule is C=C(CN1CCN(C2COC2)CC1)C(=O)NCc1nn(-c2ccccc2)c2c1[C@H](c1ccc(F)cc1)[C@H](NC(=O)c1cccc(C(F)(F)F)c1)C(=O)N2CC. The highest BCUT2D eigenvalue weighted by molar-refractivity contribution is 6.05. The third kappa shape index (κ3) is 7.90. The van der Waals surface area contributed by atoms with Gasteiger partial charge >= 0.3 is 6.18 Å². The molecule has 0 spiro atoms. The Balaban J connectivity index is 1.22. The van der Waals surface area contributed by atoms with Crippen LogP contribution >= 0.6 is 0 Å². The van der Waals surface area contributed by atoms with Crippen LogP contribution in [-0.2, 0) is 27.0 Å². The van der Waals surface area contributed by atoms with Gasteiger partial charge in [0, 0.05) is 61.9 Å². The van der Waals surface area contributed by atoms with Crippen LogP contribution in [0.3, 0.4) is 0 Å². The van der Waals surface area contributed by atoms with Crippen molar-refractivity contribution < 1.29 is 36.7 Å². The summed E-state index contributed by atoms with van der Waals surface area (Å²) in [4.78, 5) is 47.8. The molecule has 2 N–H and O–H groups in total. The molecule has 4 heterocycles. The average molecular weight is 760 g/mol. The van der Waals surface area contributed by atoms with Gasteiger partial charge < -0.3 is 15.4 Å². The van der Waals surface area contributed by atoms with E-state index in [2.05, 4.69) is 27.0 Å². The maximum Gasteiger partial charge on any atom is 0.416 e. The van der Waals surface area contributed by atoms with Gasteiger partial charge in [0.2, 0.25) is 5.91 Å². The number of anilines is 1. The van der Waals surface area contributed by atoms with Gasteiger partial charge in [0.1, 0.15) is 17.7 Å². The summed E-state index contributed by atoms with van der Waals surface area (Å²) < 4.78 is 62.0. The van der Waals surface area contributed by atoms with Crippen LogP contribution in [-0.4, -0.2) is 102 Å². The van der Waals surface area contributed by atoms with Gasteiger partial charge in [0.15, 0.2) is 0 Å². The molecule has 1 aromatic heterocycles. The number of carbonyl (C=O) groups excluding carboxylic acids is 3. The summed E-state index contributed by atoms with van der Waals surface area (Å²) >= 11 is 0. The number of nitrogens with one attached hydrogen (secondary N) is 2. The normalized spacial score (nSPS) is 19.4. The minimum atomic E-state index is -4.70. The fourth-order valence-electron chi connectivity index (χ4n) is 7.40. The van der Waals surface area contributed by atoms with Crippen LogP contribution in [0.2, 0.25) is 0 Å². The zero-order chi connectivity index (χ0) is 38.9. The Morgan fingerprint density at radius 1 is 0.964 bits per heavy atom. The zero-order valence-electron chi connectivity index (χ0n) is 30.2. The third-order valence-electron chi connectivity index (χ3n) is 10.4. The summed E-state index contributed by atoms with van der Waals surface area (Å²) in [5.74, 6) is -2.96. The minimum Gasteiger partial charge on any atom is -0.378 e. The molecule has 0 bridgehead atoms. The number of rotatable bonds is 11. The molecule has 0 aliphatic carbocycles. The van der Waals surface area contributed by atoms with Crippen molar-refractivity contribution in [2.24, 2.45) is 0 Å². The van der Waals surface area contributed by atoms with Gasteiger partial charge in [-0.25, -0.2) is 9.07 Å². The molecule has 15 heteroatoms. The van der Waals surface area contributed by atoms with E-state index >= 15 is 0 Å². The van der Waals surface area contributed by atoms with Crippen molar-refractivity contribution >= 4 is 23.5 Å². The molecule has 2 saturated heterocycles. The lowest BCUT2D eigenvalue weighted by Gasteiger charge is -2.42. The Bertz CT molecular complexity index is 2060. The number of halogens is 4. The van der Waals surface area contributed by atoms with Crippen LogP contribution in [0.15, 0.2) is 91.0 Å². The molecule has 4 aromatic rings. The van der Waals surface area contributed by atoms with E-state index in [-0.39, 0.29) is 24.6 Å². The van der Waals surface area contributed by atoms with Crippen LogP contribution in [0.5, 0.6) is 0 Å². The van der Waals surface area contributed by atoms with Crippen molar-refractivity contribution in [3.63, 3.8) is 0 Å². The van der Waals surface area contributed by atoms with E-state index in [1.54, 1.807) is 11.6 Å².